The quantitative estimate of drug-likeness (QED) is 0.750. The average molecular weight is 322 g/mol. The lowest BCUT2D eigenvalue weighted by Gasteiger charge is -2.10. The van der Waals surface area contributed by atoms with Gasteiger partial charge < -0.3 is 5.32 Å². The van der Waals surface area contributed by atoms with E-state index >= 15 is 0 Å². The molecule has 0 atom stereocenters. The van der Waals surface area contributed by atoms with Gasteiger partial charge in [0.25, 0.3) is 0 Å². The van der Waals surface area contributed by atoms with Crippen LogP contribution >= 0.6 is 23.1 Å². The summed E-state index contributed by atoms with van der Waals surface area (Å²) in [6, 6.07) is 2.29. The van der Waals surface area contributed by atoms with Crippen molar-refractivity contribution < 1.29 is 0 Å². The van der Waals surface area contributed by atoms with E-state index in [1.807, 2.05) is 23.1 Å². The monoisotopic (exact) mass is 321 g/mol. The molecule has 3 rings (SSSR count). The molecule has 1 aliphatic rings. The predicted molar refractivity (Wildman–Crippen MR) is 93.7 cm³/mol. The first-order chi connectivity index (χ1) is 10.3. The van der Waals surface area contributed by atoms with Gasteiger partial charge in [0.2, 0.25) is 5.95 Å². The second-order valence-corrected chi connectivity index (χ2v) is 7.99. The van der Waals surface area contributed by atoms with Gasteiger partial charge in [-0.15, -0.1) is 23.1 Å². The lowest BCUT2D eigenvalue weighted by Crippen LogP contribution is -2.05. The predicted octanol–water partition coefficient (Wildman–Crippen LogP) is 5.11. The lowest BCUT2D eigenvalue weighted by molar-refractivity contribution is 0.886. The van der Waals surface area contributed by atoms with Crippen molar-refractivity contribution in [3.63, 3.8) is 0 Å². The third kappa shape index (κ3) is 3.51. The molecular formula is C16H23N3S2. The molecule has 1 N–H and O–H groups in total. The van der Waals surface area contributed by atoms with Crippen LogP contribution in [0.2, 0.25) is 0 Å². The van der Waals surface area contributed by atoms with E-state index in [9.17, 15) is 0 Å². The number of aryl methyl sites for hydroxylation is 1. The highest BCUT2D eigenvalue weighted by Crippen LogP contribution is 2.39. The van der Waals surface area contributed by atoms with Crippen LogP contribution in [0.4, 0.5) is 5.95 Å². The van der Waals surface area contributed by atoms with Gasteiger partial charge in [-0.3, -0.25) is 0 Å². The van der Waals surface area contributed by atoms with Crippen molar-refractivity contribution in [3.8, 4) is 0 Å². The van der Waals surface area contributed by atoms with Crippen molar-refractivity contribution in [2.75, 3.05) is 11.9 Å². The van der Waals surface area contributed by atoms with Gasteiger partial charge in [0, 0.05) is 22.1 Å². The molecule has 1 saturated carbocycles. The molecule has 0 unspecified atom stereocenters. The van der Waals surface area contributed by atoms with Crippen molar-refractivity contribution >= 4 is 39.3 Å². The third-order valence-corrected chi connectivity index (χ3v) is 6.38. The van der Waals surface area contributed by atoms with Gasteiger partial charge in [-0.05, 0) is 31.7 Å². The summed E-state index contributed by atoms with van der Waals surface area (Å²) < 4.78 is 0. The highest BCUT2D eigenvalue weighted by Gasteiger charge is 2.20. The molecule has 114 valence electrons. The normalized spacial score (nSPS) is 15.9. The van der Waals surface area contributed by atoms with Crippen LogP contribution in [0.15, 0.2) is 11.1 Å². The standard InChI is InChI=1S/C16H23N3S2/c1-3-9-17-16-18-14-13(10-11(4-2)20-14)15(19-16)21-12-7-5-6-8-12/h10,12H,3-9H2,1-2H3,(H,17,18,19). The molecule has 1 fully saturated rings. The molecule has 2 heterocycles. The summed E-state index contributed by atoms with van der Waals surface area (Å²) in [7, 11) is 0. The summed E-state index contributed by atoms with van der Waals surface area (Å²) in [4.78, 5) is 12.0. The number of thioether (sulfide) groups is 1. The minimum atomic E-state index is 0.743. The Morgan fingerprint density at radius 1 is 1.29 bits per heavy atom. The smallest absolute Gasteiger partial charge is 0.225 e. The zero-order chi connectivity index (χ0) is 14.7. The zero-order valence-corrected chi connectivity index (χ0v) is 14.4. The first-order valence-electron chi connectivity index (χ1n) is 8.01. The molecule has 5 heteroatoms. The number of fused-ring (bicyclic) bond motifs is 1. The minimum Gasteiger partial charge on any atom is -0.354 e. The second kappa shape index (κ2) is 6.97. The first kappa shape index (κ1) is 15.1. The molecule has 0 amide bonds. The molecule has 0 aromatic carbocycles. The van der Waals surface area contributed by atoms with Crippen molar-refractivity contribution in [2.45, 2.75) is 62.6 Å². The van der Waals surface area contributed by atoms with E-state index in [-0.39, 0.29) is 0 Å². The average Bonchev–Trinajstić information content (AvgIpc) is 3.13. The van der Waals surface area contributed by atoms with Crippen LogP contribution in [0, 0.1) is 0 Å². The summed E-state index contributed by atoms with van der Waals surface area (Å²) in [5.41, 5.74) is 0. The fraction of sp³-hybridized carbons (Fsp3) is 0.625. The minimum absolute atomic E-state index is 0.743. The second-order valence-electron chi connectivity index (χ2n) is 5.59. The fourth-order valence-electron chi connectivity index (χ4n) is 2.69. The maximum Gasteiger partial charge on any atom is 0.225 e. The molecule has 0 spiro atoms. The van der Waals surface area contributed by atoms with Crippen LogP contribution in [0.5, 0.6) is 0 Å². The van der Waals surface area contributed by atoms with Gasteiger partial charge in [-0.2, -0.15) is 0 Å². The van der Waals surface area contributed by atoms with Gasteiger partial charge in [0.05, 0.1) is 0 Å². The molecule has 2 aromatic rings. The maximum absolute atomic E-state index is 4.80. The zero-order valence-electron chi connectivity index (χ0n) is 12.8. The molecule has 0 radical (unpaired) electrons. The maximum atomic E-state index is 4.80. The fourth-order valence-corrected chi connectivity index (χ4v) is 5.03. The molecular weight excluding hydrogens is 298 g/mol. The molecule has 0 aliphatic heterocycles. The van der Waals surface area contributed by atoms with Crippen molar-refractivity contribution in [2.24, 2.45) is 0 Å². The van der Waals surface area contributed by atoms with E-state index in [2.05, 4.69) is 25.2 Å². The number of hydrogen-bond donors (Lipinski definition) is 1. The van der Waals surface area contributed by atoms with Crippen LogP contribution in [0.1, 0.15) is 50.8 Å². The Bertz CT molecular complexity index is 603. The van der Waals surface area contributed by atoms with Gasteiger partial charge in [-0.1, -0.05) is 26.7 Å². The van der Waals surface area contributed by atoms with Crippen molar-refractivity contribution in [3.05, 3.63) is 10.9 Å². The Hall–Kier alpha value is -0.810. The Morgan fingerprint density at radius 2 is 2.10 bits per heavy atom. The Labute approximate surface area is 135 Å². The van der Waals surface area contributed by atoms with Crippen LogP contribution in [-0.4, -0.2) is 21.8 Å². The van der Waals surface area contributed by atoms with Crippen LogP contribution in [-0.2, 0) is 6.42 Å². The van der Waals surface area contributed by atoms with Gasteiger partial charge in [-0.25, -0.2) is 9.97 Å². The van der Waals surface area contributed by atoms with E-state index in [0.29, 0.717) is 0 Å². The number of aromatic nitrogens is 2. The van der Waals surface area contributed by atoms with E-state index < -0.39 is 0 Å². The topological polar surface area (TPSA) is 37.8 Å². The molecule has 21 heavy (non-hydrogen) atoms. The number of thiophene rings is 1. The molecule has 1 aliphatic carbocycles. The van der Waals surface area contributed by atoms with Crippen LogP contribution in [0.25, 0.3) is 10.2 Å². The Morgan fingerprint density at radius 3 is 2.81 bits per heavy atom. The first-order valence-corrected chi connectivity index (χ1v) is 9.70. The largest absolute Gasteiger partial charge is 0.354 e. The third-order valence-electron chi connectivity index (χ3n) is 3.87. The van der Waals surface area contributed by atoms with E-state index in [1.54, 1.807) is 0 Å². The molecule has 0 bridgehead atoms. The summed E-state index contributed by atoms with van der Waals surface area (Å²) in [5.74, 6) is 0.800. The van der Waals surface area contributed by atoms with E-state index in [1.165, 1.54) is 41.0 Å². The summed E-state index contributed by atoms with van der Waals surface area (Å²) in [6.07, 6.45) is 7.58. The number of anilines is 1. The highest BCUT2D eigenvalue weighted by atomic mass is 32.2. The molecule has 0 saturated heterocycles. The summed E-state index contributed by atoms with van der Waals surface area (Å²) >= 11 is 3.78. The summed E-state index contributed by atoms with van der Waals surface area (Å²) in [5, 5.41) is 6.53. The Kier molecular flexibility index (Phi) is 5.01. The van der Waals surface area contributed by atoms with Gasteiger partial charge in [0.15, 0.2) is 0 Å². The number of rotatable bonds is 6. The van der Waals surface area contributed by atoms with Crippen molar-refractivity contribution in [1.82, 2.24) is 9.97 Å². The van der Waals surface area contributed by atoms with Crippen LogP contribution in [0.3, 0.4) is 0 Å². The highest BCUT2D eigenvalue weighted by molar-refractivity contribution is 8.00. The van der Waals surface area contributed by atoms with E-state index in [4.69, 9.17) is 9.97 Å². The molecule has 2 aromatic heterocycles. The van der Waals surface area contributed by atoms with E-state index in [0.717, 1.165) is 35.4 Å². The number of hydrogen-bond acceptors (Lipinski definition) is 5. The van der Waals surface area contributed by atoms with Crippen LogP contribution < -0.4 is 5.32 Å². The van der Waals surface area contributed by atoms with Gasteiger partial charge in [0.1, 0.15) is 9.86 Å². The summed E-state index contributed by atoms with van der Waals surface area (Å²) in [6.45, 7) is 5.31. The lowest BCUT2D eigenvalue weighted by atomic mass is 10.3. The number of nitrogens with zero attached hydrogens (tertiary/aromatic N) is 2. The number of nitrogens with one attached hydrogen (secondary N) is 1. The molecule has 3 nitrogen and oxygen atoms in total. The SMILES string of the molecule is CCCNc1nc(SC2CCCC2)c2cc(CC)sc2n1. The van der Waals surface area contributed by atoms with Crippen molar-refractivity contribution in [1.29, 1.82) is 0 Å². The Balaban J connectivity index is 1.94. The van der Waals surface area contributed by atoms with Gasteiger partial charge >= 0.3 is 0 Å².